The number of rotatable bonds is 5. The van der Waals surface area contributed by atoms with Gasteiger partial charge in [-0.15, -0.1) is 0 Å². The average Bonchev–Trinajstić information content (AvgIpc) is 2.65. The molecule has 1 fully saturated rings. The smallest absolute Gasteiger partial charge is 0.236 e. The standard InChI is InChI=1S/C16H29N5O/c1-14-12-15(2)21(17-14)11-9-19(4)16(22)13-20-7-5-6-18(3)8-10-20/h12H,5-11,13H2,1-4H3. The highest BCUT2D eigenvalue weighted by molar-refractivity contribution is 5.77. The highest BCUT2D eigenvalue weighted by Crippen LogP contribution is 2.04. The molecule has 0 bridgehead atoms. The van der Waals surface area contributed by atoms with Crippen molar-refractivity contribution in [1.29, 1.82) is 0 Å². The number of amides is 1. The van der Waals surface area contributed by atoms with E-state index in [9.17, 15) is 4.79 Å². The predicted octanol–water partition coefficient (Wildman–Crippen LogP) is 0.596. The van der Waals surface area contributed by atoms with E-state index in [0.29, 0.717) is 13.1 Å². The lowest BCUT2D eigenvalue weighted by Crippen LogP contribution is -2.41. The molecule has 0 aromatic carbocycles. The van der Waals surface area contributed by atoms with E-state index in [-0.39, 0.29) is 5.91 Å². The Bertz CT molecular complexity index is 499. The number of nitrogens with zero attached hydrogens (tertiary/aromatic N) is 5. The summed E-state index contributed by atoms with van der Waals surface area (Å²) in [6.45, 7) is 10.2. The molecule has 22 heavy (non-hydrogen) atoms. The molecule has 2 heterocycles. The fourth-order valence-corrected chi connectivity index (χ4v) is 2.84. The summed E-state index contributed by atoms with van der Waals surface area (Å²) in [4.78, 5) is 18.8. The largest absolute Gasteiger partial charge is 0.343 e. The van der Waals surface area contributed by atoms with Crippen LogP contribution in [0.1, 0.15) is 17.8 Å². The maximum atomic E-state index is 12.4. The zero-order chi connectivity index (χ0) is 16.1. The second-order valence-corrected chi connectivity index (χ2v) is 6.40. The Kier molecular flexibility index (Phi) is 5.97. The molecule has 0 unspecified atom stereocenters. The first kappa shape index (κ1) is 17.0. The second kappa shape index (κ2) is 7.74. The summed E-state index contributed by atoms with van der Waals surface area (Å²) in [7, 11) is 4.03. The molecule has 1 aromatic heterocycles. The number of likely N-dealkylation sites (N-methyl/N-ethyl adjacent to an activating group) is 2. The van der Waals surface area contributed by atoms with E-state index in [1.54, 1.807) is 0 Å². The molecular weight excluding hydrogens is 278 g/mol. The summed E-state index contributed by atoms with van der Waals surface area (Å²) in [6.07, 6.45) is 1.14. The van der Waals surface area contributed by atoms with Gasteiger partial charge in [0.2, 0.25) is 5.91 Å². The lowest BCUT2D eigenvalue weighted by Gasteiger charge is -2.24. The molecule has 0 N–H and O–H groups in total. The highest BCUT2D eigenvalue weighted by atomic mass is 16.2. The number of aromatic nitrogens is 2. The van der Waals surface area contributed by atoms with Crippen LogP contribution in [0, 0.1) is 13.8 Å². The lowest BCUT2D eigenvalue weighted by atomic mass is 10.3. The Morgan fingerprint density at radius 3 is 2.73 bits per heavy atom. The molecule has 0 saturated carbocycles. The second-order valence-electron chi connectivity index (χ2n) is 6.40. The van der Waals surface area contributed by atoms with Crippen molar-refractivity contribution in [3.05, 3.63) is 17.5 Å². The molecule has 0 aliphatic carbocycles. The van der Waals surface area contributed by atoms with Gasteiger partial charge in [-0.2, -0.15) is 5.10 Å². The van der Waals surface area contributed by atoms with E-state index >= 15 is 0 Å². The van der Waals surface area contributed by atoms with Crippen LogP contribution in [-0.4, -0.2) is 83.8 Å². The van der Waals surface area contributed by atoms with Crippen molar-refractivity contribution in [1.82, 2.24) is 24.5 Å². The summed E-state index contributed by atoms with van der Waals surface area (Å²) in [5, 5.41) is 4.44. The molecule has 0 atom stereocenters. The van der Waals surface area contributed by atoms with Crippen LogP contribution in [-0.2, 0) is 11.3 Å². The van der Waals surface area contributed by atoms with Crippen molar-refractivity contribution in [2.24, 2.45) is 0 Å². The van der Waals surface area contributed by atoms with E-state index in [2.05, 4.69) is 34.9 Å². The first-order valence-electron chi connectivity index (χ1n) is 8.11. The monoisotopic (exact) mass is 307 g/mol. The van der Waals surface area contributed by atoms with E-state index in [4.69, 9.17) is 0 Å². The zero-order valence-electron chi connectivity index (χ0n) is 14.4. The molecule has 1 aromatic rings. The van der Waals surface area contributed by atoms with Gasteiger partial charge in [0.25, 0.3) is 0 Å². The van der Waals surface area contributed by atoms with Crippen molar-refractivity contribution >= 4 is 5.91 Å². The summed E-state index contributed by atoms with van der Waals surface area (Å²) >= 11 is 0. The van der Waals surface area contributed by atoms with Gasteiger partial charge in [-0.1, -0.05) is 0 Å². The minimum atomic E-state index is 0.200. The number of carbonyl (C=O) groups excluding carboxylic acids is 1. The third kappa shape index (κ3) is 4.81. The molecule has 1 amide bonds. The van der Waals surface area contributed by atoms with Crippen LogP contribution in [0.2, 0.25) is 0 Å². The molecule has 1 saturated heterocycles. The molecule has 1 aliphatic rings. The maximum absolute atomic E-state index is 12.4. The third-order valence-corrected chi connectivity index (χ3v) is 4.35. The summed E-state index contributed by atoms with van der Waals surface area (Å²) in [6, 6.07) is 2.07. The number of hydrogen-bond donors (Lipinski definition) is 0. The molecule has 0 radical (unpaired) electrons. The summed E-state index contributed by atoms with van der Waals surface area (Å²) < 4.78 is 1.97. The SMILES string of the molecule is Cc1cc(C)n(CCN(C)C(=O)CN2CCCN(C)CC2)n1. The normalized spacial score (nSPS) is 17.5. The number of aryl methyl sites for hydroxylation is 2. The zero-order valence-corrected chi connectivity index (χ0v) is 14.4. The van der Waals surface area contributed by atoms with Gasteiger partial charge in [0, 0.05) is 32.4 Å². The summed E-state index contributed by atoms with van der Waals surface area (Å²) in [5.41, 5.74) is 2.18. The van der Waals surface area contributed by atoms with Crippen LogP contribution >= 0.6 is 0 Å². The molecule has 6 nitrogen and oxygen atoms in total. The predicted molar refractivity (Wildman–Crippen MR) is 87.9 cm³/mol. The average molecular weight is 307 g/mol. The van der Waals surface area contributed by atoms with E-state index in [0.717, 1.165) is 50.5 Å². The molecule has 1 aliphatic heterocycles. The third-order valence-electron chi connectivity index (χ3n) is 4.35. The highest BCUT2D eigenvalue weighted by Gasteiger charge is 2.17. The van der Waals surface area contributed by atoms with E-state index in [1.807, 2.05) is 23.6 Å². The van der Waals surface area contributed by atoms with Crippen LogP contribution in [0.25, 0.3) is 0 Å². The number of hydrogen-bond acceptors (Lipinski definition) is 4. The molecule has 2 rings (SSSR count). The van der Waals surface area contributed by atoms with Gasteiger partial charge in [-0.05, 0) is 46.5 Å². The van der Waals surface area contributed by atoms with Crippen LogP contribution < -0.4 is 0 Å². The quantitative estimate of drug-likeness (QED) is 0.799. The molecule has 6 heteroatoms. The Balaban J connectivity index is 1.78. The van der Waals surface area contributed by atoms with Gasteiger partial charge in [-0.25, -0.2) is 0 Å². The molecular formula is C16H29N5O. The van der Waals surface area contributed by atoms with Crippen LogP contribution in [0.4, 0.5) is 0 Å². The first-order valence-corrected chi connectivity index (χ1v) is 8.11. The number of carbonyl (C=O) groups is 1. The van der Waals surface area contributed by atoms with Gasteiger partial charge in [0.05, 0.1) is 18.8 Å². The van der Waals surface area contributed by atoms with Crippen LogP contribution in [0.5, 0.6) is 0 Å². The van der Waals surface area contributed by atoms with Crippen molar-refractivity contribution in [3.63, 3.8) is 0 Å². The minimum Gasteiger partial charge on any atom is -0.343 e. The lowest BCUT2D eigenvalue weighted by molar-refractivity contribution is -0.131. The maximum Gasteiger partial charge on any atom is 0.236 e. The minimum absolute atomic E-state index is 0.200. The molecule has 0 spiro atoms. The van der Waals surface area contributed by atoms with Crippen molar-refractivity contribution in [2.75, 3.05) is 53.4 Å². The van der Waals surface area contributed by atoms with Crippen molar-refractivity contribution in [3.8, 4) is 0 Å². The Morgan fingerprint density at radius 1 is 1.27 bits per heavy atom. The Labute approximate surface area is 133 Å². The van der Waals surface area contributed by atoms with E-state index in [1.165, 1.54) is 0 Å². The van der Waals surface area contributed by atoms with Crippen LogP contribution in [0.3, 0.4) is 0 Å². The Hall–Kier alpha value is -1.40. The fraction of sp³-hybridized carbons (Fsp3) is 0.750. The van der Waals surface area contributed by atoms with Crippen LogP contribution in [0.15, 0.2) is 6.07 Å². The fourth-order valence-electron chi connectivity index (χ4n) is 2.84. The topological polar surface area (TPSA) is 44.6 Å². The Morgan fingerprint density at radius 2 is 2.05 bits per heavy atom. The van der Waals surface area contributed by atoms with Gasteiger partial charge >= 0.3 is 0 Å². The van der Waals surface area contributed by atoms with Crippen molar-refractivity contribution in [2.45, 2.75) is 26.8 Å². The first-order chi connectivity index (χ1) is 10.5. The summed E-state index contributed by atoms with van der Waals surface area (Å²) in [5.74, 6) is 0.200. The molecule has 124 valence electrons. The van der Waals surface area contributed by atoms with Crippen molar-refractivity contribution < 1.29 is 4.79 Å². The van der Waals surface area contributed by atoms with Gasteiger partial charge in [0.1, 0.15) is 0 Å². The van der Waals surface area contributed by atoms with Gasteiger partial charge in [-0.3, -0.25) is 14.4 Å². The van der Waals surface area contributed by atoms with Gasteiger partial charge < -0.3 is 9.80 Å². The van der Waals surface area contributed by atoms with Gasteiger partial charge in [0.15, 0.2) is 0 Å². The van der Waals surface area contributed by atoms with E-state index < -0.39 is 0 Å².